The van der Waals surface area contributed by atoms with Crippen LogP contribution in [-0.2, 0) is 4.79 Å². The highest BCUT2D eigenvalue weighted by Crippen LogP contribution is 2.38. The third-order valence-corrected chi connectivity index (χ3v) is 2.50. The number of fused-ring (bicyclic) bond motifs is 1. The molecule has 0 saturated heterocycles. The minimum Gasteiger partial charge on any atom is -0.496 e. The minimum atomic E-state index is -1.15. The molecule has 0 amide bonds. The van der Waals surface area contributed by atoms with Crippen LogP contribution in [0.5, 0.6) is 17.2 Å². The van der Waals surface area contributed by atoms with Gasteiger partial charge in [0.15, 0.2) is 11.5 Å². The number of rotatable bonds is 3. The second-order valence-corrected chi connectivity index (χ2v) is 3.55. The van der Waals surface area contributed by atoms with Gasteiger partial charge in [-0.05, 0) is 6.07 Å². The largest absolute Gasteiger partial charge is 0.496 e. The zero-order chi connectivity index (χ0) is 12.4. The van der Waals surface area contributed by atoms with Gasteiger partial charge in [-0.2, -0.15) is 0 Å². The highest BCUT2D eigenvalue weighted by Gasteiger charge is 2.23. The monoisotopic (exact) mass is 239 g/mol. The van der Waals surface area contributed by atoms with E-state index in [4.69, 9.17) is 25.1 Å². The molecule has 0 radical (unpaired) electrons. The van der Waals surface area contributed by atoms with E-state index in [0.717, 1.165) is 0 Å². The number of hydrogen-bond donors (Lipinski definition) is 2. The molecule has 6 nitrogen and oxygen atoms in total. The van der Waals surface area contributed by atoms with Crippen molar-refractivity contribution in [2.45, 2.75) is 6.04 Å². The molecule has 1 unspecified atom stereocenters. The number of nitrogens with two attached hydrogens (primary N) is 1. The van der Waals surface area contributed by atoms with Crippen LogP contribution >= 0.6 is 0 Å². The van der Waals surface area contributed by atoms with E-state index in [1.165, 1.54) is 7.11 Å². The molecule has 1 aromatic rings. The fourth-order valence-electron chi connectivity index (χ4n) is 1.64. The number of carboxylic acid groups (broad SMARTS) is 1. The van der Waals surface area contributed by atoms with Crippen molar-refractivity contribution in [3.8, 4) is 17.2 Å². The predicted octanol–water partition coefficient (Wildman–Crippen LogP) is 0.551. The Morgan fingerprint density at radius 1 is 1.41 bits per heavy atom. The van der Waals surface area contributed by atoms with Gasteiger partial charge in [0.25, 0.3) is 0 Å². The Hall–Kier alpha value is -1.95. The van der Waals surface area contributed by atoms with Crippen LogP contribution in [0, 0.1) is 0 Å². The van der Waals surface area contributed by atoms with Crippen molar-refractivity contribution in [2.24, 2.45) is 5.73 Å². The standard InChI is InChI=1S/C11H13NO5/c1-15-7-5-9-8(16-2-3-17-9)4-6(7)10(12)11(13)14/h4-5,10H,2-3,12H2,1H3,(H,13,14). The van der Waals surface area contributed by atoms with E-state index in [1.807, 2.05) is 0 Å². The van der Waals surface area contributed by atoms with Gasteiger partial charge in [0.05, 0.1) is 7.11 Å². The first-order valence-corrected chi connectivity index (χ1v) is 5.09. The molecule has 0 aromatic heterocycles. The molecule has 1 atom stereocenters. The summed E-state index contributed by atoms with van der Waals surface area (Å²) in [6.45, 7) is 0.890. The number of aliphatic carboxylic acids is 1. The second kappa shape index (κ2) is 4.50. The topological polar surface area (TPSA) is 91.0 Å². The van der Waals surface area contributed by atoms with Gasteiger partial charge in [-0.1, -0.05) is 0 Å². The van der Waals surface area contributed by atoms with Crippen LogP contribution in [-0.4, -0.2) is 31.4 Å². The van der Waals surface area contributed by atoms with Crippen molar-refractivity contribution in [1.82, 2.24) is 0 Å². The maximum atomic E-state index is 10.9. The third-order valence-electron chi connectivity index (χ3n) is 2.50. The molecule has 1 aliphatic heterocycles. The van der Waals surface area contributed by atoms with Crippen molar-refractivity contribution in [3.05, 3.63) is 17.7 Å². The molecule has 2 rings (SSSR count). The maximum absolute atomic E-state index is 10.9. The van der Waals surface area contributed by atoms with Crippen LogP contribution in [0.4, 0.5) is 0 Å². The Kier molecular flexibility index (Phi) is 3.06. The Balaban J connectivity index is 2.46. The average molecular weight is 239 g/mol. The molecule has 3 N–H and O–H groups in total. The SMILES string of the molecule is COc1cc2c(cc1C(N)C(=O)O)OCCO2. The van der Waals surface area contributed by atoms with Crippen LogP contribution in [0.2, 0.25) is 0 Å². The highest BCUT2D eigenvalue weighted by atomic mass is 16.6. The first kappa shape index (κ1) is 11.5. The molecule has 1 aliphatic rings. The average Bonchev–Trinajstić information content (AvgIpc) is 2.36. The second-order valence-electron chi connectivity index (χ2n) is 3.55. The fraction of sp³-hybridized carbons (Fsp3) is 0.364. The van der Waals surface area contributed by atoms with E-state index in [2.05, 4.69) is 0 Å². The van der Waals surface area contributed by atoms with E-state index in [9.17, 15) is 4.79 Å². The number of carboxylic acids is 1. The van der Waals surface area contributed by atoms with Crippen molar-refractivity contribution in [3.63, 3.8) is 0 Å². The number of benzene rings is 1. The molecular formula is C11H13NO5. The van der Waals surface area contributed by atoms with Gasteiger partial charge in [-0.25, -0.2) is 0 Å². The third kappa shape index (κ3) is 2.12. The van der Waals surface area contributed by atoms with Gasteiger partial charge in [0, 0.05) is 11.6 Å². The molecule has 0 spiro atoms. The summed E-state index contributed by atoms with van der Waals surface area (Å²) in [5, 5.41) is 8.91. The minimum absolute atomic E-state index is 0.365. The summed E-state index contributed by atoms with van der Waals surface area (Å²) in [5.41, 5.74) is 5.94. The zero-order valence-electron chi connectivity index (χ0n) is 9.30. The smallest absolute Gasteiger partial charge is 0.325 e. The van der Waals surface area contributed by atoms with Crippen LogP contribution in [0.1, 0.15) is 11.6 Å². The van der Waals surface area contributed by atoms with Gasteiger partial charge in [0.1, 0.15) is 25.0 Å². The molecule has 1 aromatic carbocycles. The lowest BCUT2D eigenvalue weighted by atomic mass is 10.1. The summed E-state index contributed by atoms with van der Waals surface area (Å²) < 4.78 is 15.8. The number of methoxy groups -OCH3 is 1. The molecule has 17 heavy (non-hydrogen) atoms. The lowest BCUT2D eigenvalue weighted by Crippen LogP contribution is -2.22. The summed E-state index contributed by atoms with van der Waals surface area (Å²) in [6, 6.07) is 1.99. The number of ether oxygens (including phenoxy) is 3. The van der Waals surface area contributed by atoms with Crippen molar-refractivity contribution in [1.29, 1.82) is 0 Å². The van der Waals surface area contributed by atoms with Gasteiger partial charge < -0.3 is 25.1 Å². The fourth-order valence-corrected chi connectivity index (χ4v) is 1.64. The Labute approximate surface area is 97.9 Å². The number of hydrogen-bond acceptors (Lipinski definition) is 5. The van der Waals surface area contributed by atoms with E-state index in [1.54, 1.807) is 12.1 Å². The van der Waals surface area contributed by atoms with Crippen LogP contribution in [0.25, 0.3) is 0 Å². The summed E-state index contributed by atoms with van der Waals surface area (Å²) in [5.74, 6) is 0.280. The number of carbonyl (C=O) groups is 1. The highest BCUT2D eigenvalue weighted by molar-refractivity contribution is 5.77. The molecule has 0 saturated carbocycles. The van der Waals surface area contributed by atoms with E-state index >= 15 is 0 Å². The first-order valence-electron chi connectivity index (χ1n) is 5.09. The summed E-state index contributed by atoms with van der Waals surface area (Å²) in [4.78, 5) is 10.9. The molecular weight excluding hydrogens is 226 g/mol. The van der Waals surface area contributed by atoms with Crippen molar-refractivity contribution in [2.75, 3.05) is 20.3 Å². The normalized spacial score (nSPS) is 15.2. The van der Waals surface area contributed by atoms with Crippen molar-refractivity contribution < 1.29 is 24.1 Å². The lowest BCUT2D eigenvalue weighted by Gasteiger charge is -2.21. The Morgan fingerprint density at radius 2 is 2.00 bits per heavy atom. The summed E-state index contributed by atoms with van der Waals surface area (Å²) in [7, 11) is 1.45. The van der Waals surface area contributed by atoms with Crippen LogP contribution in [0.15, 0.2) is 12.1 Å². The molecule has 0 bridgehead atoms. The molecule has 0 aliphatic carbocycles. The Bertz CT molecular complexity index is 446. The molecule has 0 fully saturated rings. The molecule has 1 heterocycles. The maximum Gasteiger partial charge on any atom is 0.325 e. The van der Waals surface area contributed by atoms with E-state index in [-0.39, 0.29) is 0 Å². The zero-order valence-corrected chi connectivity index (χ0v) is 9.30. The molecule has 92 valence electrons. The summed E-state index contributed by atoms with van der Waals surface area (Å²) in [6.07, 6.45) is 0. The first-order chi connectivity index (χ1) is 8.13. The van der Waals surface area contributed by atoms with Crippen molar-refractivity contribution >= 4 is 5.97 Å². The van der Waals surface area contributed by atoms with Gasteiger partial charge in [-0.15, -0.1) is 0 Å². The van der Waals surface area contributed by atoms with Crippen LogP contribution in [0.3, 0.4) is 0 Å². The van der Waals surface area contributed by atoms with Gasteiger partial charge >= 0.3 is 5.97 Å². The van der Waals surface area contributed by atoms with Gasteiger partial charge in [0.2, 0.25) is 0 Å². The summed E-state index contributed by atoms with van der Waals surface area (Å²) >= 11 is 0. The lowest BCUT2D eigenvalue weighted by molar-refractivity contribution is -0.138. The predicted molar refractivity (Wildman–Crippen MR) is 58.5 cm³/mol. The molecule has 6 heteroatoms. The van der Waals surface area contributed by atoms with E-state index < -0.39 is 12.0 Å². The van der Waals surface area contributed by atoms with Gasteiger partial charge in [-0.3, -0.25) is 4.79 Å². The van der Waals surface area contributed by atoms with Crippen LogP contribution < -0.4 is 19.9 Å². The Morgan fingerprint density at radius 3 is 2.53 bits per heavy atom. The quantitative estimate of drug-likeness (QED) is 0.800. The van der Waals surface area contributed by atoms with E-state index in [0.29, 0.717) is 36.0 Å².